The molecule has 100 valence electrons. The molecule has 0 bridgehead atoms. The summed E-state index contributed by atoms with van der Waals surface area (Å²) in [6.07, 6.45) is 4.33. The van der Waals surface area contributed by atoms with Gasteiger partial charge in [0.2, 0.25) is 11.8 Å². The first kappa shape index (κ1) is 13.4. The fraction of sp³-hybridized carbons (Fsp3) is 0.750. The van der Waals surface area contributed by atoms with Crippen molar-refractivity contribution in [2.45, 2.75) is 51.3 Å². The molecule has 2 atom stereocenters. The van der Waals surface area contributed by atoms with E-state index >= 15 is 0 Å². The van der Waals surface area contributed by atoms with Crippen LogP contribution >= 0.6 is 11.8 Å². The van der Waals surface area contributed by atoms with Gasteiger partial charge in [0.15, 0.2) is 5.17 Å². The van der Waals surface area contributed by atoms with Crippen LogP contribution in [0, 0.1) is 5.92 Å². The Labute approximate surface area is 111 Å². The van der Waals surface area contributed by atoms with E-state index in [1.165, 1.54) is 32.0 Å². The molecular weight excluding hydrogens is 250 g/mol. The van der Waals surface area contributed by atoms with Gasteiger partial charge in [-0.3, -0.25) is 9.59 Å². The van der Waals surface area contributed by atoms with Gasteiger partial charge in [0.1, 0.15) is 4.87 Å². The second kappa shape index (κ2) is 4.91. The predicted octanol–water partition coefficient (Wildman–Crippen LogP) is 1.90. The van der Waals surface area contributed by atoms with Crippen molar-refractivity contribution in [3.63, 3.8) is 0 Å². The van der Waals surface area contributed by atoms with Crippen molar-refractivity contribution in [3.8, 4) is 0 Å². The molecule has 2 rings (SSSR count). The van der Waals surface area contributed by atoms with Crippen molar-refractivity contribution in [2.24, 2.45) is 11.0 Å². The van der Waals surface area contributed by atoms with Gasteiger partial charge in [0.25, 0.3) is 0 Å². The first-order valence-corrected chi connectivity index (χ1v) is 7.13. The molecule has 1 aliphatic carbocycles. The molecule has 6 heteroatoms. The van der Waals surface area contributed by atoms with Gasteiger partial charge in [-0.25, -0.2) is 5.01 Å². The second-order valence-electron chi connectivity index (χ2n) is 5.01. The van der Waals surface area contributed by atoms with Gasteiger partial charge in [-0.15, -0.1) is 5.10 Å². The summed E-state index contributed by atoms with van der Waals surface area (Å²) in [5.74, 6) is 0.178. The summed E-state index contributed by atoms with van der Waals surface area (Å²) >= 11 is 1.53. The first-order valence-electron chi connectivity index (χ1n) is 6.32. The summed E-state index contributed by atoms with van der Waals surface area (Å²) < 4.78 is 0. The molecule has 0 unspecified atom stereocenters. The number of carbonyl (C=O) groups excluding carboxylic acids is 2. The fourth-order valence-corrected chi connectivity index (χ4v) is 4.18. The van der Waals surface area contributed by atoms with Crippen molar-refractivity contribution in [3.05, 3.63) is 0 Å². The smallest absolute Gasteiger partial charge is 0.240 e. The number of carbonyl (C=O) groups is 2. The third-order valence-corrected chi connectivity index (χ3v) is 5.11. The van der Waals surface area contributed by atoms with Gasteiger partial charge in [0, 0.05) is 13.8 Å². The number of hydrazone groups is 1. The molecule has 5 nitrogen and oxygen atoms in total. The van der Waals surface area contributed by atoms with E-state index in [2.05, 4.69) is 17.3 Å². The van der Waals surface area contributed by atoms with Crippen LogP contribution in [0.3, 0.4) is 0 Å². The molecular formula is C12H19N3O2S. The first-order chi connectivity index (χ1) is 8.45. The number of hydrogen-bond donors (Lipinski definition) is 1. The number of hydrogen-bond acceptors (Lipinski definition) is 4. The van der Waals surface area contributed by atoms with E-state index in [1.54, 1.807) is 5.01 Å². The maximum atomic E-state index is 11.8. The van der Waals surface area contributed by atoms with Crippen LogP contribution < -0.4 is 5.32 Å². The molecule has 0 radical (unpaired) electrons. The Morgan fingerprint density at radius 3 is 2.72 bits per heavy atom. The van der Waals surface area contributed by atoms with Crippen LogP contribution in [-0.4, -0.2) is 26.9 Å². The molecule has 18 heavy (non-hydrogen) atoms. The minimum absolute atomic E-state index is 0.0587. The van der Waals surface area contributed by atoms with E-state index in [0.29, 0.717) is 11.1 Å². The van der Waals surface area contributed by atoms with Crippen LogP contribution in [0.2, 0.25) is 0 Å². The van der Waals surface area contributed by atoms with E-state index in [0.717, 1.165) is 19.3 Å². The van der Waals surface area contributed by atoms with Crippen LogP contribution in [0.1, 0.15) is 46.5 Å². The van der Waals surface area contributed by atoms with Crippen molar-refractivity contribution >= 4 is 28.7 Å². The van der Waals surface area contributed by atoms with Gasteiger partial charge in [-0.1, -0.05) is 31.5 Å². The third kappa shape index (κ3) is 2.25. The second-order valence-corrected chi connectivity index (χ2v) is 6.31. The highest BCUT2D eigenvalue weighted by Crippen LogP contribution is 2.50. The van der Waals surface area contributed by atoms with E-state index in [4.69, 9.17) is 0 Å². The summed E-state index contributed by atoms with van der Waals surface area (Å²) in [5, 5.41) is 9.11. The minimum Gasteiger partial charge on any atom is -0.304 e. The topological polar surface area (TPSA) is 61.8 Å². The maximum Gasteiger partial charge on any atom is 0.240 e. The molecule has 0 aromatic rings. The van der Waals surface area contributed by atoms with Crippen molar-refractivity contribution in [1.29, 1.82) is 0 Å². The Hall–Kier alpha value is -1.04. The average molecular weight is 269 g/mol. The fourth-order valence-electron chi connectivity index (χ4n) is 2.71. The normalized spacial score (nSPS) is 31.4. The standard InChI is InChI=1S/C12H19N3O2S/c1-8-6-4-5-7-12(8)15(10(3)17)14-11(18-12)13-9(2)16/h8H,4-7H2,1-3H3,(H,13,14,16)/t8-,12-/m0/s1. The zero-order chi connectivity index (χ0) is 13.3. The number of rotatable bonds is 0. The SMILES string of the molecule is CC(=O)NC1=NN(C(C)=O)[C@@]2(CCCC[C@@H]2C)S1. The molecule has 1 N–H and O–H groups in total. The summed E-state index contributed by atoms with van der Waals surface area (Å²) in [6.45, 7) is 5.15. The highest BCUT2D eigenvalue weighted by molar-refractivity contribution is 8.15. The van der Waals surface area contributed by atoms with Gasteiger partial charge < -0.3 is 5.32 Å². The summed E-state index contributed by atoms with van der Waals surface area (Å²) in [5.41, 5.74) is 0. The molecule has 0 aromatic heterocycles. The molecule has 2 amide bonds. The largest absolute Gasteiger partial charge is 0.304 e. The van der Waals surface area contributed by atoms with E-state index < -0.39 is 0 Å². The Bertz CT molecular complexity index is 410. The Balaban J connectivity index is 2.26. The predicted molar refractivity (Wildman–Crippen MR) is 71.7 cm³/mol. The van der Waals surface area contributed by atoms with Crippen molar-refractivity contribution in [2.75, 3.05) is 0 Å². The van der Waals surface area contributed by atoms with Gasteiger partial charge in [-0.05, 0) is 18.8 Å². The zero-order valence-corrected chi connectivity index (χ0v) is 11.8. The van der Waals surface area contributed by atoms with E-state index in [-0.39, 0.29) is 16.7 Å². The Morgan fingerprint density at radius 2 is 2.17 bits per heavy atom. The number of thioether (sulfide) groups is 1. The van der Waals surface area contributed by atoms with Crippen LogP contribution in [0.15, 0.2) is 5.10 Å². The Morgan fingerprint density at radius 1 is 1.44 bits per heavy atom. The lowest BCUT2D eigenvalue weighted by atomic mass is 9.84. The number of amidine groups is 1. The molecule has 0 saturated heterocycles. The lowest BCUT2D eigenvalue weighted by molar-refractivity contribution is -0.134. The van der Waals surface area contributed by atoms with Gasteiger partial charge >= 0.3 is 0 Å². The summed E-state index contributed by atoms with van der Waals surface area (Å²) in [7, 11) is 0. The van der Waals surface area contributed by atoms with Crippen molar-refractivity contribution < 1.29 is 9.59 Å². The summed E-state index contributed by atoms with van der Waals surface area (Å²) in [6, 6.07) is 0. The molecule has 1 fully saturated rings. The van der Waals surface area contributed by atoms with E-state index in [9.17, 15) is 9.59 Å². The van der Waals surface area contributed by atoms with Crippen LogP contribution in [0.4, 0.5) is 0 Å². The lowest BCUT2D eigenvalue weighted by Gasteiger charge is -2.42. The van der Waals surface area contributed by atoms with Crippen molar-refractivity contribution in [1.82, 2.24) is 10.3 Å². The molecule has 1 spiro atoms. The molecule has 1 aliphatic heterocycles. The number of nitrogens with one attached hydrogen (secondary N) is 1. The minimum atomic E-state index is -0.290. The van der Waals surface area contributed by atoms with Crippen LogP contribution in [0.25, 0.3) is 0 Å². The number of nitrogens with zero attached hydrogens (tertiary/aromatic N) is 2. The lowest BCUT2D eigenvalue weighted by Crippen LogP contribution is -2.49. The Kier molecular flexibility index (Phi) is 3.66. The summed E-state index contributed by atoms with van der Waals surface area (Å²) in [4.78, 5) is 22.6. The van der Waals surface area contributed by atoms with Crippen LogP contribution in [0.5, 0.6) is 0 Å². The van der Waals surface area contributed by atoms with E-state index in [1.807, 2.05) is 0 Å². The highest BCUT2D eigenvalue weighted by Gasteiger charge is 2.50. The van der Waals surface area contributed by atoms with Crippen LogP contribution in [-0.2, 0) is 9.59 Å². The van der Waals surface area contributed by atoms with Gasteiger partial charge in [0.05, 0.1) is 0 Å². The number of amides is 2. The highest BCUT2D eigenvalue weighted by atomic mass is 32.2. The molecule has 0 aromatic carbocycles. The quantitative estimate of drug-likeness (QED) is 0.730. The monoisotopic (exact) mass is 269 g/mol. The average Bonchev–Trinajstić information content (AvgIpc) is 2.62. The third-order valence-electron chi connectivity index (χ3n) is 3.60. The zero-order valence-electron chi connectivity index (χ0n) is 11.0. The molecule has 1 saturated carbocycles. The van der Waals surface area contributed by atoms with Gasteiger partial charge in [-0.2, -0.15) is 0 Å². The maximum absolute atomic E-state index is 11.8. The molecule has 2 aliphatic rings. The molecule has 1 heterocycles.